The average Bonchev–Trinajstić information content (AvgIpc) is 3.74. The number of ether oxygens (including phenoxy) is 1. The molecule has 1 aliphatic rings. The molecule has 1 fully saturated rings. The number of imidazole rings is 1. The van der Waals surface area contributed by atoms with Gasteiger partial charge in [-0.25, -0.2) is 9.97 Å². The Hall–Kier alpha value is -4.08. The Morgan fingerprint density at radius 2 is 1.97 bits per heavy atom. The van der Waals surface area contributed by atoms with Crippen molar-refractivity contribution in [1.82, 2.24) is 35.0 Å². The van der Waals surface area contributed by atoms with Crippen LogP contribution in [0.3, 0.4) is 0 Å². The Balaban J connectivity index is 1.20. The number of pyridine rings is 2. The molecule has 0 amide bonds. The smallest absolute Gasteiger partial charge is 0.160 e. The summed E-state index contributed by atoms with van der Waals surface area (Å²) in [5.74, 6) is 1.47. The van der Waals surface area contributed by atoms with Crippen LogP contribution in [0.2, 0.25) is 0 Å². The van der Waals surface area contributed by atoms with Crippen molar-refractivity contribution in [2.24, 2.45) is 0 Å². The second-order valence-electron chi connectivity index (χ2n) is 9.26. The number of benzene rings is 1. The number of hydrogen-bond acceptors (Lipinski definition) is 7. The van der Waals surface area contributed by atoms with E-state index in [1.165, 1.54) is 25.9 Å². The van der Waals surface area contributed by atoms with Gasteiger partial charge in [0.2, 0.25) is 0 Å². The van der Waals surface area contributed by atoms with E-state index in [0.29, 0.717) is 12.4 Å². The highest BCUT2D eigenvalue weighted by Crippen LogP contribution is 2.34. The summed E-state index contributed by atoms with van der Waals surface area (Å²) in [5, 5.41) is 10.8. The van der Waals surface area contributed by atoms with Crippen LogP contribution in [0.25, 0.3) is 55.2 Å². The van der Waals surface area contributed by atoms with Gasteiger partial charge < -0.3 is 9.72 Å². The summed E-state index contributed by atoms with van der Waals surface area (Å²) in [6.45, 7) is 3.97. The molecule has 8 nitrogen and oxygen atoms in total. The SMILES string of the molecule is c1csc(-c2ccnc3[nH]c(-c4n[nH]c5ccc(-c6cncc(OCCN7CCCC7)c6)cc45)nc23)c1. The van der Waals surface area contributed by atoms with Gasteiger partial charge in [-0.05, 0) is 67.2 Å². The molecule has 0 aliphatic carbocycles. The molecule has 5 aromatic heterocycles. The van der Waals surface area contributed by atoms with Crippen LogP contribution in [0.15, 0.2) is 66.4 Å². The second kappa shape index (κ2) is 9.42. The molecule has 0 unspecified atom stereocenters. The minimum atomic E-state index is 0.670. The number of H-pyrrole nitrogens is 2. The molecule has 0 spiro atoms. The number of aromatic amines is 2. The lowest BCUT2D eigenvalue weighted by atomic mass is 10.0. The summed E-state index contributed by atoms with van der Waals surface area (Å²) in [6, 6.07) is 14.4. The maximum absolute atomic E-state index is 6.03. The maximum atomic E-state index is 6.03. The van der Waals surface area contributed by atoms with Crippen LogP contribution in [0.1, 0.15) is 12.8 Å². The van der Waals surface area contributed by atoms with Gasteiger partial charge in [0, 0.05) is 40.3 Å². The van der Waals surface area contributed by atoms with Crippen molar-refractivity contribution in [1.29, 1.82) is 0 Å². The van der Waals surface area contributed by atoms with Gasteiger partial charge in [-0.1, -0.05) is 12.1 Å². The number of hydrogen-bond donors (Lipinski definition) is 2. The summed E-state index contributed by atoms with van der Waals surface area (Å²) >= 11 is 1.69. The maximum Gasteiger partial charge on any atom is 0.160 e. The van der Waals surface area contributed by atoms with Crippen molar-refractivity contribution in [3.63, 3.8) is 0 Å². The quantitative estimate of drug-likeness (QED) is 0.285. The van der Waals surface area contributed by atoms with Crippen molar-refractivity contribution >= 4 is 33.4 Å². The van der Waals surface area contributed by atoms with Crippen LogP contribution in [0, 0.1) is 0 Å². The standard InChI is InChI=1S/C28H25N7OS/c1-2-10-35(9-1)11-12-36-20-14-19(16-29-17-20)18-5-6-23-22(15-18)26(34-33-23)28-31-25-21(24-4-3-13-37-24)7-8-30-27(25)32-28/h3-8,13-17H,1-2,9-12H2,(H,33,34)(H,30,31,32). The lowest BCUT2D eigenvalue weighted by Gasteiger charge is -2.15. The van der Waals surface area contributed by atoms with Crippen molar-refractivity contribution in [3.05, 3.63) is 66.4 Å². The van der Waals surface area contributed by atoms with E-state index < -0.39 is 0 Å². The van der Waals surface area contributed by atoms with E-state index in [4.69, 9.17) is 9.72 Å². The predicted molar refractivity (Wildman–Crippen MR) is 147 cm³/mol. The number of nitrogens with zero attached hydrogens (tertiary/aromatic N) is 5. The topological polar surface area (TPSA) is 95.6 Å². The van der Waals surface area contributed by atoms with Crippen LogP contribution >= 0.6 is 11.3 Å². The van der Waals surface area contributed by atoms with Crippen LogP contribution in [0.5, 0.6) is 5.75 Å². The summed E-state index contributed by atoms with van der Waals surface area (Å²) in [5.41, 5.74) is 6.40. The Kier molecular flexibility index (Phi) is 5.64. The molecule has 0 radical (unpaired) electrons. The first-order chi connectivity index (χ1) is 18.3. The van der Waals surface area contributed by atoms with Crippen LogP contribution in [-0.2, 0) is 0 Å². The number of likely N-dealkylation sites (tertiary alicyclic amines) is 1. The van der Waals surface area contributed by atoms with E-state index in [-0.39, 0.29) is 0 Å². The molecule has 7 rings (SSSR count). The lowest BCUT2D eigenvalue weighted by molar-refractivity contribution is 0.237. The molecule has 0 atom stereocenters. The molecular formula is C28H25N7OS. The fraction of sp³-hybridized carbons (Fsp3) is 0.214. The highest BCUT2D eigenvalue weighted by atomic mass is 32.1. The summed E-state index contributed by atoms with van der Waals surface area (Å²) in [4.78, 5) is 20.8. The molecule has 6 heterocycles. The van der Waals surface area contributed by atoms with Crippen molar-refractivity contribution in [2.45, 2.75) is 12.8 Å². The number of nitrogens with one attached hydrogen (secondary N) is 2. The molecule has 0 saturated carbocycles. The van der Waals surface area contributed by atoms with Crippen LogP contribution < -0.4 is 4.74 Å². The predicted octanol–water partition coefficient (Wildman–Crippen LogP) is 5.77. The molecule has 184 valence electrons. The first-order valence-corrected chi connectivity index (χ1v) is 13.4. The summed E-state index contributed by atoms with van der Waals surface area (Å²) in [7, 11) is 0. The number of thiophene rings is 1. The zero-order valence-electron chi connectivity index (χ0n) is 20.1. The lowest BCUT2D eigenvalue weighted by Crippen LogP contribution is -2.25. The Morgan fingerprint density at radius 1 is 1.03 bits per heavy atom. The van der Waals surface area contributed by atoms with Crippen LogP contribution in [0.4, 0.5) is 0 Å². The van der Waals surface area contributed by atoms with Gasteiger partial charge in [-0.3, -0.25) is 15.0 Å². The third-order valence-corrected chi connectivity index (χ3v) is 7.78. The number of fused-ring (bicyclic) bond motifs is 2. The highest BCUT2D eigenvalue weighted by molar-refractivity contribution is 7.13. The average molecular weight is 508 g/mol. The molecule has 1 aliphatic heterocycles. The Morgan fingerprint density at radius 3 is 2.86 bits per heavy atom. The van der Waals surface area contributed by atoms with Gasteiger partial charge in [-0.2, -0.15) is 5.10 Å². The van der Waals surface area contributed by atoms with Crippen molar-refractivity contribution in [2.75, 3.05) is 26.2 Å². The fourth-order valence-electron chi connectivity index (χ4n) is 4.98. The highest BCUT2D eigenvalue weighted by Gasteiger charge is 2.17. The van der Waals surface area contributed by atoms with E-state index in [0.717, 1.165) is 61.6 Å². The Labute approximate surface area is 217 Å². The molecule has 9 heteroatoms. The zero-order valence-corrected chi connectivity index (χ0v) is 21.0. The molecular weight excluding hydrogens is 482 g/mol. The number of rotatable bonds is 7. The van der Waals surface area contributed by atoms with Gasteiger partial charge in [0.25, 0.3) is 0 Å². The first-order valence-electron chi connectivity index (χ1n) is 12.5. The van der Waals surface area contributed by atoms with Crippen LogP contribution in [-0.4, -0.2) is 61.3 Å². The van der Waals surface area contributed by atoms with E-state index in [1.807, 2.05) is 30.6 Å². The van der Waals surface area contributed by atoms with Gasteiger partial charge in [0.1, 0.15) is 23.6 Å². The number of aromatic nitrogens is 6. The summed E-state index contributed by atoms with van der Waals surface area (Å²) < 4.78 is 6.03. The largest absolute Gasteiger partial charge is 0.491 e. The third kappa shape index (κ3) is 4.26. The van der Waals surface area contributed by atoms with Crippen molar-refractivity contribution < 1.29 is 4.74 Å². The third-order valence-electron chi connectivity index (χ3n) is 6.88. The monoisotopic (exact) mass is 507 g/mol. The summed E-state index contributed by atoms with van der Waals surface area (Å²) in [6.07, 6.45) is 8.04. The van der Waals surface area contributed by atoms with Gasteiger partial charge in [0.05, 0.1) is 11.7 Å². The minimum absolute atomic E-state index is 0.670. The molecule has 6 aromatic rings. The Bertz CT molecular complexity index is 1680. The van der Waals surface area contributed by atoms with E-state index >= 15 is 0 Å². The van der Waals surface area contributed by atoms with Gasteiger partial charge in [-0.15, -0.1) is 11.3 Å². The minimum Gasteiger partial charge on any atom is -0.491 e. The molecule has 0 bridgehead atoms. The molecule has 1 aromatic carbocycles. The van der Waals surface area contributed by atoms with E-state index in [9.17, 15) is 0 Å². The van der Waals surface area contributed by atoms with Gasteiger partial charge >= 0.3 is 0 Å². The van der Waals surface area contributed by atoms with E-state index in [2.05, 4.69) is 59.7 Å². The first kappa shape index (κ1) is 22.1. The molecule has 37 heavy (non-hydrogen) atoms. The van der Waals surface area contributed by atoms with E-state index in [1.54, 1.807) is 17.5 Å². The van der Waals surface area contributed by atoms with Gasteiger partial charge in [0.15, 0.2) is 11.5 Å². The fourth-order valence-corrected chi connectivity index (χ4v) is 5.73. The van der Waals surface area contributed by atoms with Crippen molar-refractivity contribution in [3.8, 4) is 38.8 Å². The molecule has 1 saturated heterocycles. The molecule has 2 N–H and O–H groups in total. The normalized spacial score (nSPS) is 14.2. The zero-order chi connectivity index (χ0) is 24.6. The second-order valence-corrected chi connectivity index (χ2v) is 10.2.